The van der Waals surface area contributed by atoms with Crippen LogP contribution in [0.2, 0.25) is 0 Å². The number of alkyl carbamates (subject to hydrolysis) is 1. The van der Waals surface area contributed by atoms with Gasteiger partial charge in [-0.3, -0.25) is 4.90 Å². The van der Waals surface area contributed by atoms with Crippen LogP contribution in [0.25, 0.3) is 0 Å². The standard InChI is InChI=1S/C14H19BrN2O3/c15-13-3-1-2-12(10-13)11-20-14(18)16-4-5-17-6-8-19-9-7-17/h1-3,10H,4-9,11H2,(H,16,18). The SMILES string of the molecule is O=C(NCCN1CCOCC1)OCc1cccc(Br)c1. The highest BCUT2D eigenvalue weighted by molar-refractivity contribution is 9.10. The molecule has 0 bridgehead atoms. The summed E-state index contributed by atoms with van der Waals surface area (Å²) in [6.45, 7) is 5.10. The van der Waals surface area contributed by atoms with E-state index >= 15 is 0 Å². The van der Waals surface area contributed by atoms with Crippen molar-refractivity contribution in [1.29, 1.82) is 0 Å². The van der Waals surface area contributed by atoms with E-state index in [2.05, 4.69) is 26.1 Å². The van der Waals surface area contributed by atoms with Crippen LogP contribution in [0.1, 0.15) is 5.56 Å². The van der Waals surface area contributed by atoms with Gasteiger partial charge in [0.05, 0.1) is 13.2 Å². The molecule has 1 aromatic rings. The van der Waals surface area contributed by atoms with Gasteiger partial charge in [0.15, 0.2) is 0 Å². The molecular weight excluding hydrogens is 324 g/mol. The smallest absolute Gasteiger partial charge is 0.407 e. The van der Waals surface area contributed by atoms with E-state index in [-0.39, 0.29) is 12.7 Å². The lowest BCUT2D eigenvalue weighted by atomic mass is 10.2. The van der Waals surface area contributed by atoms with Crippen LogP contribution in [0.5, 0.6) is 0 Å². The zero-order chi connectivity index (χ0) is 14.2. The zero-order valence-electron chi connectivity index (χ0n) is 11.3. The van der Waals surface area contributed by atoms with Gasteiger partial charge in [0.1, 0.15) is 6.61 Å². The number of ether oxygens (including phenoxy) is 2. The molecule has 0 aromatic heterocycles. The molecule has 1 N–H and O–H groups in total. The predicted molar refractivity (Wildman–Crippen MR) is 79.6 cm³/mol. The van der Waals surface area contributed by atoms with Crippen LogP contribution in [0.4, 0.5) is 4.79 Å². The highest BCUT2D eigenvalue weighted by atomic mass is 79.9. The van der Waals surface area contributed by atoms with E-state index in [0.717, 1.165) is 42.9 Å². The third-order valence-corrected chi connectivity index (χ3v) is 3.55. The predicted octanol–water partition coefficient (Wildman–Crippen LogP) is 2.01. The van der Waals surface area contributed by atoms with E-state index in [1.54, 1.807) is 0 Å². The molecule has 0 aliphatic carbocycles. The average molecular weight is 343 g/mol. The Bertz CT molecular complexity index is 436. The minimum atomic E-state index is -0.377. The van der Waals surface area contributed by atoms with Crippen molar-refractivity contribution in [2.75, 3.05) is 39.4 Å². The summed E-state index contributed by atoms with van der Waals surface area (Å²) >= 11 is 3.38. The van der Waals surface area contributed by atoms with E-state index in [1.165, 1.54) is 0 Å². The maximum Gasteiger partial charge on any atom is 0.407 e. The first-order chi connectivity index (χ1) is 9.74. The number of hydrogen-bond acceptors (Lipinski definition) is 4. The molecule has 2 rings (SSSR count). The topological polar surface area (TPSA) is 50.8 Å². The highest BCUT2D eigenvalue weighted by Gasteiger charge is 2.10. The Morgan fingerprint density at radius 2 is 2.20 bits per heavy atom. The van der Waals surface area contributed by atoms with Crippen LogP contribution in [-0.2, 0) is 16.1 Å². The van der Waals surface area contributed by atoms with E-state index < -0.39 is 0 Å². The largest absolute Gasteiger partial charge is 0.445 e. The minimum Gasteiger partial charge on any atom is -0.445 e. The lowest BCUT2D eigenvalue weighted by Gasteiger charge is -2.26. The molecule has 1 aromatic carbocycles. The van der Waals surface area contributed by atoms with Gasteiger partial charge in [-0.25, -0.2) is 4.79 Å². The number of rotatable bonds is 5. The second-order valence-electron chi connectivity index (χ2n) is 4.59. The summed E-state index contributed by atoms with van der Waals surface area (Å²) in [4.78, 5) is 13.8. The molecule has 1 amide bonds. The number of carbonyl (C=O) groups excluding carboxylic acids is 1. The third-order valence-electron chi connectivity index (χ3n) is 3.06. The monoisotopic (exact) mass is 342 g/mol. The van der Waals surface area contributed by atoms with Gasteiger partial charge in [-0.05, 0) is 17.7 Å². The molecule has 0 unspecified atom stereocenters. The van der Waals surface area contributed by atoms with Crippen LogP contribution in [0.3, 0.4) is 0 Å². The van der Waals surface area contributed by atoms with E-state index in [4.69, 9.17) is 9.47 Å². The van der Waals surface area contributed by atoms with Crippen molar-refractivity contribution in [3.8, 4) is 0 Å². The summed E-state index contributed by atoms with van der Waals surface area (Å²) in [5.41, 5.74) is 0.961. The van der Waals surface area contributed by atoms with Gasteiger partial charge in [-0.15, -0.1) is 0 Å². The van der Waals surface area contributed by atoms with Crippen molar-refractivity contribution < 1.29 is 14.3 Å². The number of nitrogens with zero attached hydrogens (tertiary/aromatic N) is 1. The molecule has 1 fully saturated rings. The Hall–Kier alpha value is -1.11. The molecule has 6 heteroatoms. The number of nitrogens with one attached hydrogen (secondary N) is 1. The summed E-state index contributed by atoms with van der Waals surface area (Å²) < 4.78 is 11.4. The lowest BCUT2D eigenvalue weighted by Crippen LogP contribution is -2.41. The first-order valence-corrected chi connectivity index (χ1v) is 7.48. The van der Waals surface area contributed by atoms with E-state index in [1.807, 2.05) is 24.3 Å². The fourth-order valence-corrected chi connectivity index (χ4v) is 2.41. The molecule has 1 aliphatic heterocycles. The summed E-state index contributed by atoms with van der Waals surface area (Å²) in [6.07, 6.45) is -0.377. The van der Waals surface area contributed by atoms with Crippen LogP contribution < -0.4 is 5.32 Å². The number of halogens is 1. The van der Waals surface area contributed by atoms with Crippen LogP contribution in [-0.4, -0.2) is 50.4 Å². The quantitative estimate of drug-likeness (QED) is 0.889. The Labute approximate surface area is 127 Å². The van der Waals surface area contributed by atoms with Crippen molar-refractivity contribution in [2.24, 2.45) is 0 Å². The summed E-state index contributed by atoms with van der Waals surface area (Å²) in [7, 11) is 0. The normalized spacial score (nSPS) is 15.8. The van der Waals surface area contributed by atoms with Gasteiger partial charge in [0.25, 0.3) is 0 Å². The van der Waals surface area contributed by atoms with Crippen molar-refractivity contribution in [3.05, 3.63) is 34.3 Å². The first kappa shape index (κ1) is 15.3. The van der Waals surface area contributed by atoms with Gasteiger partial charge in [0, 0.05) is 30.7 Å². The third kappa shape index (κ3) is 5.48. The lowest BCUT2D eigenvalue weighted by molar-refractivity contribution is 0.0382. The Kier molecular flexibility index (Phi) is 6.29. The summed E-state index contributed by atoms with van der Waals surface area (Å²) in [6, 6.07) is 7.71. The number of morpholine rings is 1. The van der Waals surface area contributed by atoms with Gasteiger partial charge < -0.3 is 14.8 Å². The minimum absolute atomic E-state index is 0.281. The second-order valence-corrected chi connectivity index (χ2v) is 5.50. The van der Waals surface area contributed by atoms with E-state index in [0.29, 0.717) is 6.54 Å². The Morgan fingerprint density at radius 1 is 1.40 bits per heavy atom. The molecule has 0 spiro atoms. The second kappa shape index (κ2) is 8.24. The molecule has 0 radical (unpaired) electrons. The molecule has 5 nitrogen and oxygen atoms in total. The van der Waals surface area contributed by atoms with Gasteiger partial charge in [0.2, 0.25) is 0 Å². The Morgan fingerprint density at radius 3 is 2.95 bits per heavy atom. The van der Waals surface area contributed by atoms with Gasteiger partial charge in [-0.2, -0.15) is 0 Å². The zero-order valence-corrected chi connectivity index (χ0v) is 12.9. The molecule has 0 saturated carbocycles. The highest BCUT2D eigenvalue weighted by Crippen LogP contribution is 2.12. The molecule has 1 aliphatic rings. The maximum absolute atomic E-state index is 11.6. The van der Waals surface area contributed by atoms with Gasteiger partial charge >= 0.3 is 6.09 Å². The number of hydrogen-bond donors (Lipinski definition) is 1. The average Bonchev–Trinajstić information content (AvgIpc) is 2.46. The van der Waals surface area contributed by atoms with Crippen molar-refractivity contribution >= 4 is 22.0 Å². The fourth-order valence-electron chi connectivity index (χ4n) is 1.97. The van der Waals surface area contributed by atoms with Crippen molar-refractivity contribution in [1.82, 2.24) is 10.2 Å². The maximum atomic E-state index is 11.6. The van der Waals surface area contributed by atoms with Gasteiger partial charge in [-0.1, -0.05) is 28.1 Å². The van der Waals surface area contributed by atoms with Crippen LogP contribution in [0, 0.1) is 0 Å². The Balaban J connectivity index is 1.60. The molecule has 1 saturated heterocycles. The number of carbonyl (C=O) groups is 1. The fraction of sp³-hybridized carbons (Fsp3) is 0.500. The summed E-state index contributed by atoms with van der Waals surface area (Å²) in [5, 5.41) is 2.76. The van der Waals surface area contributed by atoms with Crippen LogP contribution in [0.15, 0.2) is 28.7 Å². The van der Waals surface area contributed by atoms with Crippen LogP contribution >= 0.6 is 15.9 Å². The molecule has 20 heavy (non-hydrogen) atoms. The number of benzene rings is 1. The van der Waals surface area contributed by atoms with Crippen molar-refractivity contribution in [3.63, 3.8) is 0 Å². The molecule has 0 atom stereocenters. The number of amides is 1. The summed E-state index contributed by atoms with van der Waals surface area (Å²) in [5.74, 6) is 0. The van der Waals surface area contributed by atoms with E-state index in [9.17, 15) is 4.79 Å². The molecule has 110 valence electrons. The molecular formula is C14H19BrN2O3. The first-order valence-electron chi connectivity index (χ1n) is 6.69. The van der Waals surface area contributed by atoms with Crippen molar-refractivity contribution in [2.45, 2.75) is 6.61 Å². The molecule has 1 heterocycles.